The zero-order valence-electron chi connectivity index (χ0n) is 16.3. The predicted octanol–water partition coefficient (Wildman–Crippen LogP) is 2.11. The molecule has 7 nitrogen and oxygen atoms in total. The van der Waals surface area contributed by atoms with Crippen molar-refractivity contribution in [3.05, 3.63) is 46.2 Å². The van der Waals surface area contributed by atoms with Crippen LogP contribution in [0, 0.1) is 0 Å². The number of carbonyl (C=O) groups is 1. The number of carbonyl (C=O) groups excluding carboxylic acids is 1. The molecule has 3 rings (SSSR count). The summed E-state index contributed by atoms with van der Waals surface area (Å²) in [6.45, 7) is 4.19. The van der Waals surface area contributed by atoms with Gasteiger partial charge >= 0.3 is 5.97 Å². The van der Waals surface area contributed by atoms with Gasteiger partial charge in [0.25, 0.3) is 0 Å². The van der Waals surface area contributed by atoms with E-state index in [9.17, 15) is 13.2 Å². The second kappa shape index (κ2) is 8.60. The Labute approximate surface area is 170 Å². The monoisotopic (exact) mass is 423 g/mol. The fourth-order valence-electron chi connectivity index (χ4n) is 3.21. The highest BCUT2D eigenvalue weighted by atomic mass is 32.2. The van der Waals surface area contributed by atoms with E-state index >= 15 is 0 Å². The number of nitrogens with zero attached hydrogens (tertiary/aromatic N) is 3. The van der Waals surface area contributed by atoms with Gasteiger partial charge < -0.3 is 9.64 Å². The summed E-state index contributed by atoms with van der Waals surface area (Å²) in [5, 5.41) is 2.08. The van der Waals surface area contributed by atoms with Crippen molar-refractivity contribution < 1.29 is 17.9 Å². The first-order chi connectivity index (χ1) is 13.3. The Kier molecular flexibility index (Phi) is 6.39. The maximum atomic E-state index is 12.4. The lowest BCUT2D eigenvalue weighted by Crippen LogP contribution is -2.46. The maximum absolute atomic E-state index is 12.4. The third kappa shape index (κ3) is 4.38. The molecule has 0 N–H and O–H groups in total. The maximum Gasteiger partial charge on any atom is 0.340 e. The van der Waals surface area contributed by atoms with Gasteiger partial charge in [0.15, 0.2) is 0 Å². The molecule has 1 saturated heterocycles. The van der Waals surface area contributed by atoms with Gasteiger partial charge in [0.05, 0.1) is 23.3 Å². The topological polar surface area (TPSA) is 70.2 Å². The van der Waals surface area contributed by atoms with Gasteiger partial charge in [0.2, 0.25) is 10.0 Å². The summed E-state index contributed by atoms with van der Waals surface area (Å²) in [4.78, 5) is 18.2. The average Bonchev–Trinajstić information content (AvgIpc) is 3.20. The van der Waals surface area contributed by atoms with Crippen LogP contribution < -0.4 is 4.90 Å². The minimum atomic E-state index is -3.63. The van der Waals surface area contributed by atoms with Gasteiger partial charge in [-0.1, -0.05) is 6.07 Å². The van der Waals surface area contributed by atoms with Crippen molar-refractivity contribution in [1.82, 2.24) is 9.21 Å². The number of hydrogen-bond acceptors (Lipinski definition) is 7. The first kappa shape index (κ1) is 20.8. The number of rotatable bonds is 6. The Morgan fingerprint density at radius 1 is 1.18 bits per heavy atom. The lowest BCUT2D eigenvalue weighted by atomic mass is 10.1. The molecule has 0 bridgehead atoms. The molecule has 1 aliphatic heterocycles. The quantitative estimate of drug-likeness (QED) is 0.663. The number of thiophene rings is 1. The fraction of sp³-hybridized carbons (Fsp3) is 0.421. The molecule has 0 radical (unpaired) electrons. The SMILES string of the molecule is COC(=O)c1cc(S(=O)(=O)N(C)C)ccc1N1CCN(Cc2cccs2)CC1. The van der Waals surface area contributed by atoms with Crippen LogP contribution in [0.3, 0.4) is 0 Å². The molecule has 1 aliphatic rings. The number of benzene rings is 1. The lowest BCUT2D eigenvalue weighted by Gasteiger charge is -2.36. The van der Waals surface area contributed by atoms with Crippen LogP contribution >= 0.6 is 11.3 Å². The van der Waals surface area contributed by atoms with E-state index in [4.69, 9.17) is 4.74 Å². The van der Waals surface area contributed by atoms with Gasteiger partial charge in [-0.25, -0.2) is 17.5 Å². The number of piperazine rings is 1. The molecule has 152 valence electrons. The molecule has 0 amide bonds. The third-order valence-electron chi connectivity index (χ3n) is 4.82. The van der Waals surface area contributed by atoms with Crippen LogP contribution in [0.5, 0.6) is 0 Å². The summed E-state index contributed by atoms with van der Waals surface area (Å²) in [6.07, 6.45) is 0. The molecule has 0 atom stereocenters. The zero-order valence-corrected chi connectivity index (χ0v) is 17.9. The first-order valence-corrected chi connectivity index (χ1v) is 11.3. The summed E-state index contributed by atoms with van der Waals surface area (Å²) in [7, 11) is 0.610. The van der Waals surface area contributed by atoms with Crippen molar-refractivity contribution in [2.24, 2.45) is 0 Å². The molecule has 28 heavy (non-hydrogen) atoms. The van der Waals surface area contributed by atoms with Crippen LogP contribution in [-0.2, 0) is 21.3 Å². The second-order valence-corrected chi connectivity index (χ2v) is 9.98. The highest BCUT2D eigenvalue weighted by molar-refractivity contribution is 7.89. The summed E-state index contributed by atoms with van der Waals surface area (Å²) in [5.74, 6) is -0.535. The van der Waals surface area contributed by atoms with Crippen molar-refractivity contribution in [1.29, 1.82) is 0 Å². The van der Waals surface area contributed by atoms with Crippen LogP contribution in [0.15, 0.2) is 40.6 Å². The second-order valence-electron chi connectivity index (χ2n) is 6.80. The molecular formula is C19H25N3O4S2. The predicted molar refractivity (Wildman–Crippen MR) is 110 cm³/mol. The minimum absolute atomic E-state index is 0.0815. The molecule has 2 aromatic rings. The van der Waals surface area contributed by atoms with Crippen molar-refractivity contribution in [3.8, 4) is 0 Å². The third-order valence-corrected chi connectivity index (χ3v) is 7.50. The van der Waals surface area contributed by atoms with Gasteiger partial charge in [0, 0.05) is 51.7 Å². The zero-order chi connectivity index (χ0) is 20.3. The van der Waals surface area contributed by atoms with E-state index in [0.29, 0.717) is 5.69 Å². The van der Waals surface area contributed by atoms with Crippen molar-refractivity contribution >= 4 is 33.0 Å². The van der Waals surface area contributed by atoms with Gasteiger partial charge in [-0.15, -0.1) is 11.3 Å². The molecular weight excluding hydrogens is 398 g/mol. The van der Waals surface area contributed by atoms with Gasteiger partial charge in [-0.3, -0.25) is 4.90 Å². The molecule has 1 aromatic carbocycles. The molecule has 1 fully saturated rings. The summed E-state index contributed by atoms with van der Waals surface area (Å²) in [6, 6.07) is 8.86. The van der Waals surface area contributed by atoms with E-state index in [1.807, 2.05) is 0 Å². The molecule has 0 saturated carbocycles. The van der Waals surface area contributed by atoms with Crippen LogP contribution in [0.25, 0.3) is 0 Å². The van der Waals surface area contributed by atoms with E-state index in [-0.39, 0.29) is 10.5 Å². The van der Waals surface area contributed by atoms with E-state index in [1.54, 1.807) is 23.5 Å². The first-order valence-electron chi connectivity index (χ1n) is 8.97. The largest absolute Gasteiger partial charge is 0.465 e. The standard InChI is InChI=1S/C19H25N3O4S2/c1-20(2)28(24,25)16-6-7-18(17(13-16)19(23)26-3)22-10-8-21(9-11-22)14-15-5-4-12-27-15/h4-7,12-13H,8-11,14H2,1-3H3. The molecule has 1 aromatic heterocycles. The number of ether oxygens (including phenoxy) is 1. The Morgan fingerprint density at radius 2 is 1.89 bits per heavy atom. The molecule has 0 aliphatic carbocycles. The van der Waals surface area contributed by atoms with Crippen molar-refractivity contribution in [2.45, 2.75) is 11.4 Å². The van der Waals surface area contributed by atoms with Gasteiger partial charge in [-0.05, 0) is 29.6 Å². The number of sulfonamides is 1. The van der Waals surface area contributed by atoms with Crippen molar-refractivity contribution in [2.75, 3.05) is 52.3 Å². The molecule has 0 unspecified atom stereocenters. The molecule has 9 heteroatoms. The van der Waals surface area contributed by atoms with Crippen LogP contribution in [-0.4, -0.2) is 71.0 Å². The Bertz CT molecular complexity index is 919. The minimum Gasteiger partial charge on any atom is -0.465 e. The lowest BCUT2D eigenvalue weighted by molar-refractivity contribution is 0.0601. The van der Waals surface area contributed by atoms with Crippen LogP contribution in [0.2, 0.25) is 0 Å². The van der Waals surface area contributed by atoms with Gasteiger partial charge in [-0.2, -0.15) is 0 Å². The van der Waals surface area contributed by atoms with E-state index in [0.717, 1.165) is 37.0 Å². The Hall–Kier alpha value is -1.94. The average molecular weight is 424 g/mol. The fourth-order valence-corrected chi connectivity index (χ4v) is 4.88. The smallest absolute Gasteiger partial charge is 0.340 e. The highest BCUT2D eigenvalue weighted by Crippen LogP contribution is 2.27. The number of methoxy groups -OCH3 is 1. The Morgan fingerprint density at radius 3 is 2.46 bits per heavy atom. The number of hydrogen-bond donors (Lipinski definition) is 0. The van der Waals surface area contributed by atoms with E-state index in [2.05, 4.69) is 27.3 Å². The van der Waals surface area contributed by atoms with E-state index < -0.39 is 16.0 Å². The van der Waals surface area contributed by atoms with E-state index in [1.165, 1.54) is 32.1 Å². The summed E-state index contributed by atoms with van der Waals surface area (Å²) in [5.41, 5.74) is 0.984. The van der Waals surface area contributed by atoms with Gasteiger partial charge in [0.1, 0.15) is 0 Å². The number of esters is 1. The van der Waals surface area contributed by atoms with Crippen LogP contribution in [0.4, 0.5) is 5.69 Å². The molecule has 0 spiro atoms. The number of anilines is 1. The van der Waals surface area contributed by atoms with Crippen molar-refractivity contribution in [3.63, 3.8) is 0 Å². The highest BCUT2D eigenvalue weighted by Gasteiger charge is 2.25. The van der Waals surface area contributed by atoms with Crippen LogP contribution in [0.1, 0.15) is 15.2 Å². The summed E-state index contributed by atoms with van der Waals surface area (Å²) < 4.78 is 30.9. The Balaban J connectivity index is 1.80. The molecule has 2 heterocycles. The summed E-state index contributed by atoms with van der Waals surface area (Å²) >= 11 is 1.75. The normalized spacial score (nSPS) is 15.8.